The summed E-state index contributed by atoms with van der Waals surface area (Å²) in [5, 5.41) is 0.942. The summed E-state index contributed by atoms with van der Waals surface area (Å²) < 4.78 is 7.80. The van der Waals surface area contributed by atoms with E-state index in [1.807, 2.05) is 50.2 Å². The number of thiophene rings is 1. The molecule has 0 unspecified atom stereocenters. The molecule has 0 amide bonds. The van der Waals surface area contributed by atoms with Crippen LogP contribution in [0.25, 0.3) is 26.1 Å². The zero-order valence-corrected chi connectivity index (χ0v) is 16.1. The molecule has 3 aromatic heterocycles. The van der Waals surface area contributed by atoms with Gasteiger partial charge in [0.25, 0.3) is 5.56 Å². The van der Waals surface area contributed by atoms with Crippen LogP contribution in [0.5, 0.6) is 5.75 Å². The molecule has 27 heavy (non-hydrogen) atoms. The molecule has 1 aliphatic heterocycles. The first-order valence-electron chi connectivity index (χ1n) is 8.78. The number of nitrogens with zero attached hydrogens (tertiary/aromatic N) is 4. The first kappa shape index (κ1) is 16.3. The Balaban J connectivity index is 1.78. The number of pyridine rings is 1. The molecule has 0 radical (unpaired) electrons. The number of benzene rings is 1. The van der Waals surface area contributed by atoms with Crippen molar-refractivity contribution in [1.82, 2.24) is 14.5 Å². The highest BCUT2D eigenvalue weighted by Crippen LogP contribution is 2.36. The van der Waals surface area contributed by atoms with Crippen LogP contribution in [0.4, 0.5) is 5.69 Å². The van der Waals surface area contributed by atoms with Crippen LogP contribution in [0.15, 0.2) is 35.4 Å². The lowest BCUT2D eigenvalue weighted by molar-refractivity contribution is 0.357. The van der Waals surface area contributed by atoms with Gasteiger partial charge in [-0.2, -0.15) is 0 Å². The van der Waals surface area contributed by atoms with Crippen molar-refractivity contribution in [3.8, 4) is 11.4 Å². The molecule has 0 saturated carbocycles. The number of fused-ring (bicyclic) bond motifs is 4. The lowest BCUT2D eigenvalue weighted by atomic mass is 10.1. The van der Waals surface area contributed by atoms with Gasteiger partial charge in [-0.05, 0) is 36.8 Å². The van der Waals surface area contributed by atoms with Crippen LogP contribution in [0, 0.1) is 6.92 Å². The van der Waals surface area contributed by atoms with Gasteiger partial charge >= 0.3 is 0 Å². The molecule has 7 heteroatoms. The lowest BCUT2D eigenvalue weighted by Crippen LogP contribution is -2.18. The first-order chi connectivity index (χ1) is 13.0. The molecule has 136 valence electrons. The lowest BCUT2D eigenvalue weighted by Gasteiger charge is -2.14. The highest BCUT2D eigenvalue weighted by molar-refractivity contribution is 7.25. The second-order valence-corrected chi connectivity index (χ2v) is 7.95. The molecule has 1 aliphatic rings. The van der Waals surface area contributed by atoms with E-state index in [1.54, 1.807) is 10.9 Å². The maximum Gasteiger partial charge on any atom is 0.275 e. The molecule has 4 aromatic rings. The molecule has 0 spiro atoms. The Kier molecular flexibility index (Phi) is 3.48. The molecular weight excluding hydrogens is 360 g/mol. The van der Waals surface area contributed by atoms with Gasteiger partial charge in [-0.15, -0.1) is 11.3 Å². The first-order valence-corrected chi connectivity index (χ1v) is 9.59. The van der Waals surface area contributed by atoms with Gasteiger partial charge in [0.2, 0.25) is 0 Å². The predicted octanol–water partition coefficient (Wildman–Crippen LogP) is 3.30. The molecule has 0 aliphatic carbocycles. The third-order valence-electron chi connectivity index (χ3n) is 4.89. The Morgan fingerprint density at radius 3 is 2.93 bits per heavy atom. The molecule has 1 aromatic carbocycles. The van der Waals surface area contributed by atoms with E-state index in [0.717, 1.165) is 50.5 Å². The molecule has 0 N–H and O–H groups in total. The minimum absolute atomic E-state index is 0.0655. The Labute approximate surface area is 159 Å². The van der Waals surface area contributed by atoms with Crippen molar-refractivity contribution in [3.05, 3.63) is 52.2 Å². The summed E-state index contributed by atoms with van der Waals surface area (Å²) in [7, 11) is 3.98. The standard InChI is InChI=1S/C20H18N4O2S/c1-11-8-14(23(2)3)16-17-18(27-19(16)22-11)20(25)24(10-21-17)13-4-5-15-12(9-13)6-7-26-15/h4-5,8-10H,6-7H2,1-3H3. The molecular formula is C20H18N4O2S. The van der Waals surface area contributed by atoms with Crippen molar-refractivity contribution < 1.29 is 4.74 Å². The SMILES string of the molecule is Cc1cc(N(C)C)c2c(n1)sc1c(=O)n(-c3ccc4c(c3)CCO4)cnc12. The summed E-state index contributed by atoms with van der Waals surface area (Å²) in [6, 6.07) is 7.87. The summed E-state index contributed by atoms with van der Waals surface area (Å²) >= 11 is 1.41. The van der Waals surface area contributed by atoms with Crippen molar-refractivity contribution in [2.45, 2.75) is 13.3 Å². The molecule has 0 saturated heterocycles. The third-order valence-corrected chi connectivity index (χ3v) is 5.95. The molecule has 4 heterocycles. The summed E-state index contributed by atoms with van der Waals surface area (Å²) in [5.74, 6) is 0.901. The van der Waals surface area contributed by atoms with E-state index in [-0.39, 0.29) is 5.56 Å². The van der Waals surface area contributed by atoms with Gasteiger partial charge in [0.05, 0.1) is 23.4 Å². The van der Waals surface area contributed by atoms with Crippen LogP contribution < -0.4 is 15.2 Å². The van der Waals surface area contributed by atoms with Gasteiger partial charge in [0, 0.05) is 26.2 Å². The van der Waals surface area contributed by atoms with Crippen LogP contribution >= 0.6 is 11.3 Å². The molecule has 0 bridgehead atoms. The van der Waals surface area contributed by atoms with Crippen molar-refractivity contribution >= 4 is 37.5 Å². The van der Waals surface area contributed by atoms with E-state index in [4.69, 9.17) is 4.74 Å². The highest BCUT2D eigenvalue weighted by atomic mass is 32.1. The van der Waals surface area contributed by atoms with E-state index in [9.17, 15) is 4.79 Å². The molecule has 6 nitrogen and oxygen atoms in total. The predicted molar refractivity (Wildman–Crippen MR) is 109 cm³/mol. The number of hydrogen-bond donors (Lipinski definition) is 0. The van der Waals surface area contributed by atoms with Gasteiger partial charge in [0.15, 0.2) is 0 Å². The van der Waals surface area contributed by atoms with E-state index in [2.05, 4.69) is 9.97 Å². The number of hydrogen-bond acceptors (Lipinski definition) is 6. The Bertz CT molecular complexity index is 1270. The summed E-state index contributed by atoms with van der Waals surface area (Å²) in [6.45, 7) is 2.66. The Morgan fingerprint density at radius 2 is 2.11 bits per heavy atom. The van der Waals surface area contributed by atoms with Crippen LogP contribution in [0.3, 0.4) is 0 Å². The van der Waals surface area contributed by atoms with E-state index in [0.29, 0.717) is 11.3 Å². The zero-order chi connectivity index (χ0) is 18.7. The maximum atomic E-state index is 13.2. The van der Waals surface area contributed by atoms with Gasteiger partial charge in [-0.25, -0.2) is 9.97 Å². The van der Waals surface area contributed by atoms with E-state index >= 15 is 0 Å². The van der Waals surface area contributed by atoms with Gasteiger partial charge in [0.1, 0.15) is 27.1 Å². The fourth-order valence-corrected chi connectivity index (χ4v) is 4.71. The largest absolute Gasteiger partial charge is 0.493 e. The second kappa shape index (κ2) is 5.79. The quantitative estimate of drug-likeness (QED) is 0.536. The topological polar surface area (TPSA) is 60.2 Å². The van der Waals surface area contributed by atoms with Crippen LogP contribution in [-0.2, 0) is 6.42 Å². The Hall–Kier alpha value is -2.93. The van der Waals surface area contributed by atoms with Crippen molar-refractivity contribution in [2.24, 2.45) is 0 Å². The minimum atomic E-state index is -0.0655. The highest BCUT2D eigenvalue weighted by Gasteiger charge is 2.19. The Morgan fingerprint density at radius 1 is 1.26 bits per heavy atom. The van der Waals surface area contributed by atoms with Crippen molar-refractivity contribution in [3.63, 3.8) is 0 Å². The molecule has 0 fully saturated rings. The second-order valence-electron chi connectivity index (χ2n) is 6.95. The maximum absolute atomic E-state index is 13.2. The minimum Gasteiger partial charge on any atom is -0.493 e. The number of aryl methyl sites for hydroxylation is 1. The van der Waals surface area contributed by atoms with E-state index < -0.39 is 0 Å². The monoisotopic (exact) mass is 378 g/mol. The smallest absolute Gasteiger partial charge is 0.275 e. The normalized spacial score (nSPS) is 13.1. The number of anilines is 1. The van der Waals surface area contributed by atoms with Crippen LogP contribution in [0.2, 0.25) is 0 Å². The molecule has 0 atom stereocenters. The number of rotatable bonds is 2. The number of aromatic nitrogens is 3. The van der Waals surface area contributed by atoms with Crippen LogP contribution in [0.1, 0.15) is 11.3 Å². The van der Waals surface area contributed by atoms with Crippen LogP contribution in [-0.4, -0.2) is 35.2 Å². The fraction of sp³-hybridized carbons (Fsp3) is 0.250. The molecule has 5 rings (SSSR count). The van der Waals surface area contributed by atoms with Crippen molar-refractivity contribution in [1.29, 1.82) is 0 Å². The van der Waals surface area contributed by atoms with Gasteiger partial charge in [-0.1, -0.05) is 0 Å². The fourth-order valence-electron chi connectivity index (χ4n) is 3.59. The zero-order valence-electron chi connectivity index (χ0n) is 15.3. The van der Waals surface area contributed by atoms with Crippen molar-refractivity contribution in [2.75, 3.05) is 25.6 Å². The average molecular weight is 378 g/mol. The number of ether oxygens (including phenoxy) is 1. The summed E-state index contributed by atoms with van der Waals surface area (Å²) in [5.41, 5.74) is 4.55. The summed E-state index contributed by atoms with van der Waals surface area (Å²) in [6.07, 6.45) is 2.49. The van der Waals surface area contributed by atoms with Gasteiger partial charge in [-0.3, -0.25) is 9.36 Å². The summed E-state index contributed by atoms with van der Waals surface area (Å²) in [4.78, 5) is 25.4. The third kappa shape index (κ3) is 2.42. The van der Waals surface area contributed by atoms with Gasteiger partial charge < -0.3 is 9.64 Å². The van der Waals surface area contributed by atoms with E-state index in [1.165, 1.54) is 11.3 Å². The average Bonchev–Trinajstić information content (AvgIpc) is 3.25.